The first-order valence-corrected chi connectivity index (χ1v) is 5.59. The Morgan fingerprint density at radius 3 is 2.62 bits per heavy atom. The Morgan fingerprint density at radius 1 is 1.23 bits per heavy atom. The lowest BCUT2D eigenvalue weighted by atomic mass is 10.1. The van der Waals surface area contributed by atoms with Crippen molar-refractivity contribution in [3.8, 4) is 0 Å². The normalized spacial score (nSPS) is 13.2. The Balaban J connectivity index is 2.97. The monoisotopic (exact) mass is 187 g/mol. The molecule has 0 heterocycles. The first kappa shape index (κ1) is 12.9. The lowest BCUT2D eigenvalue weighted by Crippen LogP contribution is -2.07. The van der Waals surface area contributed by atoms with E-state index < -0.39 is 0 Å². The lowest BCUT2D eigenvalue weighted by Gasteiger charge is -2.10. The van der Waals surface area contributed by atoms with Crippen LogP contribution in [0.3, 0.4) is 0 Å². The van der Waals surface area contributed by atoms with E-state index in [2.05, 4.69) is 13.8 Å². The molecule has 0 aliphatic heterocycles. The van der Waals surface area contributed by atoms with Gasteiger partial charge in [-0.3, -0.25) is 0 Å². The highest BCUT2D eigenvalue weighted by Crippen LogP contribution is 2.05. The fraction of sp³-hybridized carbons (Fsp3) is 1.00. The van der Waals surface area contributed by atoms with E-state index in [1.54, 1.807) is 0 Å². The summed E-state index contributed by atoms with van der Waals surface area (Å²) in [5, 5.41) is 0. The van der Waals surface area contributed by atoms with E-state index in [1.165, 1.54) is 19.3 Å². The molecule has 2 heteroatoms. The maximum atomic E-state index is 5.55. The molecule has 0 aromatic heterocycles. The summed E-state index contributed by atoms with van der Waals surface area (Å²) >= 11 is 0. The summed E-state index contributed by atoms with van der Waals surface area (Å²) in [5.41, 5.74) is 5.39. The Bertz CT molecular complexity index is 96.1. The molecular weight excluding hydrogens is 162 g/mol. The first-order chi connectivity index (χ1) is 6.31. The van der Waals surface area contributed by atoms with Crippen LogP contribution in [0.2, 0.25) is 0 Å². The summed E-state index contributed by atoms with van der Waals surface area (Å²) in [7, 11) is 0. The summed E-state index contributed by atoms with van der Waals surface area (Å²) in [4.78, 5) is 0. The molecule has 13 heavy (non-hydrogen) atoms. The van der Waals surface area contributed by atoms with E-state index in [9.17, 15) is 0 Å². The number of hydrogen-bond donors (Lipinski definition) is 1. The average Bonchev–Trinajstić information content (AvgIpc) is 2.11. The van der Waals surface area contributed by atoms with Gasteiger partial charge in [0.1, 0.15) is 0 Å². The largest absolute Gasteiger partial charge is 0.381 e. The fourth-order valence-electron chi connectivity index (χ4n) is 1.39. The molecule has 0 bridgehead atoms. The second kappa shape index (κ2) is 10.0. The quantitative estimate of drug-likeness (QED) is 0.563. The number of hydrogen-bond acceptors (Lipinski definition) is 2. The molecule has 1 unspecified atom stereocenters. The smallest absolute Gasteiger partial charge is 0.0491 e. The van der Waals surface area contributed by atoms with Gasteiger partial charge in [-0.1, -0.05) is 20.3 Å². The van der Waals surface area contributed by atoms with Crippen LogP contribution >= 0.6 is 0 Å². The number of unbranched alkanes of at least 4 members (excludes halogenated alkanes) is 2. The SMILES string of the molecule is CCCC(C)COCCCCCN. The van der Waals surface area contributed by atoms with Crippen molar-refractivity contribution in [3.63, 3.8) is 0 Å². The number of rotatable bonds is 9. The van der Waals surface area contributed by atoms with Crippen LogP contribution in [-0.4, -0.2) is 19.8 Å². The summed E-state index contributed by atoms with van der Waals surface area (Å²) in [5.74, 6) is 0.722. The van der Waals surface area contributed by atoms with Crippen LogP contribution in [0, 0.1) is 5.92 Å². The maximum Gasteiger partial charge on any atom is 0.0491 e. The molecule has 1 atom stereocenters. The molecule has 0 radical (unpaired) electrons. The predicted molar refractivity (Wildman–Crippen MR) is 57.8 cm³/mol. The molecule has 0 aromatic carbocycles. The number of nitrogens with two attached hydrogens (primary N) is 1. The van der Waals surface area contributed by atoms with Gasteiger partial charge in [0.25, 0.3) is 0 Å². The van der Waals surface area contributed by atoms with E-state index in [0.717, 1.165) is 38.5 Å². The maximum absolute atomic E-state index is 5.55. The highest BCUT2D eigenvalue weighted by atomic mass is 16.5. The van der Waals surface area contributed by atoms with E-state index in [1.807, 2.05) is 0 Å². The molecule has 0 saturated carbocycles. The van der Waals surface area contributed by atoms with Gasteiger partial charge in [0, 0.05) is 13.2 Å². The molecule has 0 aromatic rings. The highest BCUT2D eigenvalue weighted by molar-refractivity contribution is 4.49. The fourth-order valence-corrected chi connectivity index (χ4v) is 1.39. The van der Waals surface area contributed by atoms with Gasteiger partial charge in [0.15, 0.2) is 0 Å². The Labute approximate surface area is 82.8 Å². The van der Waals surface area contributed by atoms with Gasteiger partial charge in [-0.2, -0.15) is 0 Å². The zero-order valence-corrected chi connectivity index (χ0v) is 9.22. The highest BCUT2D eigenvalue weighted by Gasteiger charge is 1.99. The molecule has 0 amide bonds. The van der Waals surface area contributed by atoms with Gasteiger partial charge < -0.3 is 10.5 Å². The Hall–Kier alpha value is -0.0800. The van der Waals surface area contributed by atoms with Crippen molar-refractivity contribution in [2.45, 2.75) is 46.0 Å². The lowest BCUT2D eigenvalue weighted by molar-refractivity contribution is 0.0985. The summed E-state index contributed by atoms with van der Waals surface area (Å²) < 4.78 is 5.55. The van der Waals surface area contributed by atoms with E-state index in [-0.39, 0.29) is 0 Å². The van der Waals surface area contributed by atoms with Gasteiger partial charge in [-0.15, -0.1) is 0 Å². The van der Waals surface area contributed by atoms with E-state index in [0.29, 0.717) is 0 Å². The van der Waals surface area contributed by atoms with Crippen LogP contribution in [0.25, 0.3) is 0 Å². The van der Waals surface area contributed by atoms with E-state index >= 15 is 0 Å². The van der Waals surface area contributed by atoms with Crippen molar-refractivity contribution < 1.29 is 4.74 Å². The van der Waals surface area contributed by atoms with Crippen LogP contribution in [0.1, 0.15) is 46.0 Å². The van der Waals surface area contributed by atoms with Gasteiger partial charge in [-0.25, -0.2) is 0 Å². The van der Waals surface area contributed by atoms with Gasteiger partial charge in [-0.05, 0) is 38.1 Å². The van der Waals surface area contributed by atoms with Gasteiger partial charge >= 0.3 is 0 Å². The van der Waals surface area contributed by atoms with Crippen molar-refractivity contribution in [1.82, 2.24) is 0 Å². The van der Waals surface area contributed by atoms with Crippen LogP contribution in [0.4, 0.5) is 0 Å². The Kier molecular flexibility index (Phi) is 9.94. The average molecular weight is 187 g/mol. The van der Waals surface area contributed by atoms with Gasteiger partial charge in [0.05, 0.1) is 0 Å². The van der Waals surface area contributed by atoms with Crippen LogP contribution in [0.5, 0.6) is 0 Å². The summed E-state index contributed by atoms with van der Waals surface area (Å²) in [6.45, 7) is 7.12. The topological polar surface area (TPSA) is 35.2 Å². The second-order valence-corrected chi connectivity index (χ2v) is 3.82. The minimum Gasteiger partial charge on any atom is -0.381 e. The summed E-state index contributed by atoms with van der Waals surface area (Å²) in [6.07, 6.45) is 6.04. The molecular formula is C11H25NO. The molecule has 0 fully saturated rings. The minimum atomic E-state index is 0.722. The van der Waals surface area contributed by atoms with Crippen molar-refractivity contribution >= 4 is 0 Å². The molecule has 0 aliphatic rings. The molecule has 80 valence electrons. The third-order valence-corrected chi connectivity index (χ3v) is 2.18. The van der Waals surface area contributed by atoms with Crippen LogP contribution in [-0.2, 0) is 4.74 Å². The number of ether oxygens (including phenoxy) is 1. The molecule has 0 saturated heterocycles. The molecule has 0 spiro atoms. The van der Waals surface area contributed by atoms with Crippen molar-refractivity contribution in [2.24, 2.45) is 11.7 Å². The molecule has 0 aliphatic carbocycles. The minimum absolute atomic E-state index is 0.722. The zero-order valence-electron chi connectivity index (χ0n) is 9.22. The van der Waals surface area contributed by atoms with Gasteiger partial charge in [0.2, 0.25) is 0 Å². The third-order valence-electron chi connectivity index (χ3n) is 2.18. The van der Waals surface area contributed by atoms with Crippen molar-refractivity contribution in [1.29, 1.82) is 0 Å². The predicted octanol–water partition coefficient (Wildman–Crippen LogP) is 2.57. The van der Waals surface area contributed by atoms with Crippen molar-refractivity contribution in [2.75, 3.05) is 19.8 Å². The molecule has 2 nitrogen and oxygen atoms in total. The molecule has 2 N–H and O–H groups in total. The first-order valence-electron chi connectivity index (χ1n) is 5.59. The summed E-state index contributed by atoms with van der Waals surface area (Å²) in [6, 6.07) is 0. The third kappa shape index (κ3) is 9.84. The Morgan fingerprint density at radius 2 is 2.00 bits per heavy atom. The van der Waals surface area contributed by atoms with Crippen LogP contribution < -0.4 is 5.73 Å². The van der Waals surface area contributed by atoms with E-state index in [4.69, 9.17) is 10.5 Å². The molecule has 0 rings (SSSR count). The standard InChI is InChI=1S/C11H25NO/c1-3-7-11(2)10-13-9-6-4-5-8-12/h11H,3-10,12H2,1-2H3. The van der Waals surface area contributed by atoms with Crippen LogP contribution in [0.15, 0.2) is 0 Å². The second-order valence-electron chi connectivity index (χ2n) is 3.82. The zero-order chi connectivity index (χ0) is 9.94. The van der Waals surface area contributed by atoms with Crippen molar-refractivity contribution in [3.05, 3.63) is 0 Å².